The third-order valence-corrected chi connectivity index (χ3v) is 4.64. The van der Waals surface area contributed by atoms with E-state index in [1.54, 1.807) is 30.6 Å². The van der Waals surface area contributed by atoms with Gasteiger partial charge in [0, 0.05) is 21.1 Å². The van der Waals surface area contributed by atoms with Crippen LogP contribution in [0, 0.1) is 0 Å². The summed E-state index contributed by atoms with van der Waals surface area (Å²) in [4.78, 5) is 1.07. The molecule has 19 heavy (non-hydrogen) atoms. The molecule has 1 N–H and O–H groups in total. The number of ether oxygens (including phenoxy) is 2. The Kier molecular flexibility index (Phi) is 5.10. The lowest BCUT2D eigenvalue weighted by atomic mass is 10.2. The first-order valence-electron chi connectivity index (χ1n) is 5.47. The van der Waals surface area contributed by atoms with E-state index in [1.807, 2.05) is 11.4 Å². The van der Waals surface area contributed by atoms with E-state index in [0.717, 1.165) is 9.35 Å². The summed E-state index contributed by atoms with van der Waals surface area (Å²) in [6, 6.07) is 5.30. The van der Waals surface area contributed by atoms with E-state index in [2.05, 4.69) is 15.9 Å². The fourth-order valence-electron chi connectivity index (χ4n) is 1.62. The highest BCUT2D eigenvalue weighted by molar-refractivity contribution is 9.10. The number of aliphatic hydroxyl groups excluding tert-OH is 1. The van der Waals surface area contributed by atoms with Gasteiger partial charge in [-0.3, -0.25) is 0 Å². The average Bonchev–Trinajstić information content (AvgIpc) is 2.81. The van der Waals surface area contributed by atoms with Crippen LogP contribution in [0.1, 0.15) is 10.4 Å². The molecule has 0 unspecified atom stereocenters. The third-order valence-electron chi connectivity index (χ3n) is 2.53. The third kappa shape index (κ3) is 3.42. The summed E-state index contributed by atoms with van der Waals surface area (Å²) in [6.45, 7) is 0.251. The van der Waals surface area contributed by atoms with Gasteiger partial charge in [0.05, 0.1) is 18.6 Å². The van der Waals surface area contributed by atoms with Gasteiger partial charge in [0.2, 0.25) is 0 Å². The van der Waals surface area contributed by atoms with Gasteiger partial charge in [-0.15, -0.1) is 11.3 Å². The summed E-state index contributed by atoms with van der Waals surface area (Å²) < 4.78 is 12.0. The minimum Gasteiger partial charge on any atom is -0.493 e. The van der Waals surface area contributed by atoms with Gasteiger partial charge in [-0.05, 0) is 33.4 Å². The van der Waals surface area contributed by atoms with Crippen molar-refractivity contribution in [3.63, 3.8) is 0 Å². The topological polar surface area (TPSA) is 38.7 Å². The molecule has 0 saturated carbocycles. The number of hydrogen-bond acceptors (Lipinski definition) is 4. The second kappa shape index (κ2) is 6.61. The van der Waals surface area contributed by atoms with E-state index in [1.165, 1.54) is 0 Å². The number of aliphatic hydroxyl groups is 1. The number of rotatable bonds is 5. The van der Waals surface area contributed by atoms with Gasteiger partial charge < -0.3 is 14.6 Å². The van der Waals surface area contributed by atoms with Crippen molar-refractivity contribution in [3.05, 3.63) is 43.5 Å². The number of halogens is 2. The normalized spacial score (nSPS) is 10.5. The van der Waals surface area contributed by atoms with Gasteiger partial charge in [-0.1, -0.05) is 11.6 Å². The Morgan fingerprint density at radius 2 is 2.21 bits per heavy atom. The quantitative estimate of drug-likeness (QED) is 0.863. The predicted molar refractivity (Wildman–Crippen MR) is 80.3 cm³/mol. The molecule has 3 nitrogen and oxygen atoms in total. The van der Waals surface area contributed by atoms with E-state index in [0.29, 0.717) is 28.7 Å². The highest BCUT2D eigenvalue weighted by Crippen LogP contribution is 2.36. The Morgan fingerprint density at radius 1 is 1.42 bits per heavy atom. The van der Waals surface area contributed by atoms with Crippen LogP contribution in [0.4, 0.5) is 0 Å². The number of hydrogen-bond donors (Lipinski definition) is 1. The number of methoxy groups -OCH3 is 1. The van der Waals surface area contributed by atoms with Crippen molar-refractivity contribution in [1.82, 2.24) is 0 Å². The molecule has 0 fully saturated rings. The van der Waals surface area contributed by atoms with Crippen LogP contribution in [0.2, 0.25) is 5.02 Å². The Bertz CT molecular complexity index is 546. The zero-order chi connectivity index (χ0) is 13.8. The van der Waals surface area contributed by atoms with Gasteiger partial charge in [0.25, 0.3) is 0 Å². The standard InChI is InChI=1S/C13H12BrClO3S/c1-17-11-5-9(15)4-8(6-16)13(11)18-7-12-10(14)2-3-19-12/h2-5,16H,6-7H2,1H3. The van der Waals surface area contributed by atoms with Crippen molar-refractivity contribution in [2.45, 2.75) is 13.2 Å². The van der Waals surface area contributed by atoms with E-state index in [9.17, 15) is 5.11 Å². The summed E-state index contributed by atoms with van der Waals surface area (Å²) in [5, 5.41) is 11.9. The molecule has 102 valence electrons. The molecule has 2 rings (SSSR count). The number of thiophene rings is 1. The van der Waals surface area contributed by atoms with Crippen LogP contribution >= 0.6 is 38.9 Å². The molecule has 0 spiro atoms. The van der Waals surface area contributed by atoms with Gasteiger partial charge in [0.1, 0.15) is 6.61 Å². The molecule has 0 saturated heterocycles. The lowest BCUT2D eigenvalue weighted by Gasteiger charge is -2.14. The molecule has 0 amide bonds. The summed E-state index contributed by atoms with van der Waals surface area (Å²) >= 11 is 11.0. The maximum absolute atomic E-state index is 9.37. The highest BCUT2D eigenvalue weighted by atomic mass is 79.9. The summed E-state index contributed by atoms with van der Waals surface area (Å²) in [6.07, 6.45) is 0. The molecule has 1 heterocycles. The van der Waals surface area contributed by atoms with Crippen LogP contribution in [-0.2, 0) is 13.2 Å². The molecule has 0 atom stereocenters. The summed E-state index contributed by atoms with van der Waals surface area (Å²) in [5.74, 6) is 1.04. The lowest BCUT2D eigenvalue weighted by Crippen LogP contribution is -2.00. The Balaban J connectivity index is 2.26. The minimum absolute atomic E-state index is 0.155. The molecule has 0 radical (unpaired) electrons. The van der Waals surface area contributed by atoms with Crippen molar-refractivity contribution in [3.8, 4) is 11.5 Å². The van der Waals surface area contributed by atoms with E-state index < -0.39 is 0 Å². The molecule has 1 aromatic carbocycles. The molecule has 0 aliphatic carbocycles. The van der Waals surface area contributed by atoms with Gasteiger partial charge in [0.15, 0.2) is 11.5 Å². The van der Waals surface area contributed by atoms with Crippen LogP contribution in [-0.4, -0.2) is 12.2 Å². The zero-order valence-corrected chi connectivity index (χ0v) is 13.3. The van der Waals surface area contributed by atoms with Crippen molar-refractivity contribution in [2.24, 2.45) is 0 Å². The Hall–Kier alpha value is -0.750. The van der Waals surface area contributed by atoms with E-state index in [4.69, 9.17) is 21.1 Å². The molecule has 0 aliphatic heterocycles. The lowest BCUT2D eigenvalue weighted by molar-refractivity contribution is 0.251. The summed E-state index contributed by atoms with van der Waals surface area (Å²) in [5.41, 5.74) is 0.608. The molecular formula is C13H12BrClO3S. The Morgan fingerprint density at radius 3 is 2.79 bits per heavy atom. The van der Waals surface area contributed by atoms with Gasteiger partial charge in [-0.25, -0.2) is 0 Å². The first-order valence-corrected chi connectivity index (χ1v) is 7.52. The van der Waals surface area contributed by atoms with Crippen molar-refractivity contribution in [1.29, 1.82) is 0 Å². The van der Waals surface area contributed by atoms with E-state index >= 15 is 0 Å². The highest BCUT2D eigenvalue weighted by Gasteiger charge is 2.13. The molecule has 0 aliphatic rings. The maximum atomic E-state index is 9.37. The first-order chi connectivity index (χ1) is 9.15. The molecular weight excluding hydrogens is 352 g/mol. The SMILES string of the molecule is COc1cc(Cl)cc(CO)c1OCc1sccc1Br. The number of benzene rings is 1. The predicted octanol–water partition coefficient (Wildman–Crippen LogP) is 4.24. The Labute approximate surface area is 128 Å². The monoisotopic (exact) mass is 362 g/mol. The van der Waals surface area contributed by atoms with Crippen molar-refractivity contribution >= 4 is 38.9 Å². The van der Waals surface area contributed by atoms with Crippen molar-refractivity contribution < 1.29 is 14.6 Å². The average molecular weight is 364 g/mol. The molecule has 6 heteroatoms. The molecule has 0 bridgehead atoms. The van der Waals surface area contributed by atoms with E-state index in [-0.39, 0.29) is 6.61 Å². The molecule has 1 aromatic heterocycles. The van der Waals surface area contributed by atoms with Crippen LogP contribution < -0.4 is 9.47 Å². The van der Waals surface area contributed by atoms with Crippen LogP contribution in [0.25, 0.3) is 0 Å². The van der Waals surface area contributed by atoms with Crippen molar-refractivity contribution in [2.75, 3.05) is 7.11 Å². The first kappa shape index (κ1) is 14.7. The largest absolute Gasteiger partial charge is 0.493 e. The fraction of sp³-hybridized carbons (Fsp3) is 0.231. The minimum atomic E-state index is -0.155. The maximum Gasteiger partial charge on any atom is 0.167 e. The zero-order valence-electron chi connectivity index (χ0n) is 10.2. The van der Waals surface area contributed by atoms with Crippen LogP contribution in [0.15, 0.2) is 28.1 Å². The fourth-order valence-corrected chi connectivity index (χ4v) is 3.23. The van der Waals surface area contributed by atoms with Crippen LogP contribution in [0.5, 0.6) is 11.5 Å². The van der Waals surface area contributed by atoms with Gasteiger partial charge in [-0.2, -0.15) is 0 Å². The summed E-state index contributed by atoms with van der Waals surface area (Å²) in [7, 11) is 1.54. The second-order valence-electron chi connectivity index (χ2n) is 3.73. The van der Waals surface area contributed by atoms with Crippen LogP contribution in [0.3, 0.4) is 0 Å². The second-order valence-corrected chi connectivity index (χ2v) is 6.03. The molecule has 2 aromatic rings. The van der Waals surface area contributed by atoms with Gasteiger partial charge >= 0.3 is 0 Å². The smallest absolute Gasteiger partial charge is 0.167 e.